The monoisotopic (exact) mass is 644 g/mol. The topological polar surface area (TPSA) is 260 Å². The number of hydrogen-bond donors (Lipinski definition) is 4. The fourth-order valence-corrected chi connectivity index (χ4v) is 3.13. The largest absolute Gasteiger partial charge is 0.507 e. The minimum atomic E-state index is -1.31. The Morgan fingerprint density at radius 2 is 1.04 bits per heavy atom. The smallest absolute Gasteiger partial charge is 0.341 e. The highest BCUT2D eigenvalue weighted by Gasteiger charge is 2.20. The highest BCUT2D eigenvalue weighted by Crippen LogP contribution is 2.22. The minimum Gasteiger partial charge on any atom is -0.507 e. The van der Waals surface area contributed by atoms with Crippen molar-refractivity contribution in [3.05, 3.63) is 89.5 Å². The molecule has 3 rings (SSSR count). The van der Waals surface area contributed by atoms with Gasteiger partial charge in [-0.05, 0) is 43.3 Å². The summed E-state index contributed by atoms with van der Waals surface area (Å²) in [7, 11) is 0. The molecule has 0 saturated carbocycles. The molecule has 3 aromatic rings. The normalized spacial score (nSPS) is 9.35. The molecule has 0 amide bonds. The molecule has 0 spiro atoms. The summed E-state index contributed by atoms with van der Waals surface area (Å²) in [6, 6.07) is 18.1. The number of carboxylic acid groups (broad SMARTS) is 3. The van der Waals surface area contributed by atoms with Crippen LogP contribution in [0, 0.1) is 0 Å². The summed E-state index contributed by atoms with van der Waals surface area (Å²) in [5.74, 6) is -6.47. The minimum absolute atomic E-state index is 0. The molecule has 15 nitrogen and oxygen atoms in total. The van der Waals surface area contributed by atoms with Crippen LogP contribution in [0.15, 0.2) is 72.8 Å². The summed E-state index contributed by atoms with van der Waals surface area (Å²) in [6.45, 7) is 3.52. The number of carbonyl (C=O) groups is 7. The first-order valence-electron chi connectivity index (χ1n) is 13.0. The van der Waals surface area contributed by atoms with E-state index in [0.717, 1.165) is 0 Å². The van der Waals surface area contributed by atoms with E-state index >= 15 is 0 Å². The van der Waals surface area contributed by atoms with Crippen LogP contribution in [0.25, 0.3) is 0 Å². The van der Waals surface area contributed by atoms with Crippen molar-refractivity contribution in [3.63, 3.8) is 0 Å². The third-order valence-corrected chi connectivity index (χ3v) is 5.06. The summed E-state index contributed by atoms with van der Waals surface area (Å²) in [6.07, 6.45) is -1.24. The van der Waals surface area contributed by atoms with Crippen LogP contribution in [0.5, 0.6) is 17.2 Å². The average Bonchev–Trinajstić information content (AvgIpc) is 2.97. The van der Waals surface area contributed by atoms with Gasteiger partial charge in [-0.2, -0.15) is 0 Å². The van der Waals surface area contributed by atoms with Crippen molar-refractivity contribution in [2.24, 2.45) is 0 Å². The molecule has 0 aliphatic heterocycles. The second-order valence-corrected chi connectivity index (χ2v) is 8.40. The Labute approximate surface area is 261 Å². The van der Waals surface area contributed by atoms with Gasteiger partial charge in [-0.1, -0.05) is 43.3 Å². The van der Waals surface area contributed by atoms with Gasteiger partial charge in [0.2, 0.25) is 0 Å². The molecule has 15 heteroatoms. The molecule has 0 bridgehead atoms. The number of hydrogen-bond acceptors (Lipinski definition) is 11. The lowest BCUT2D eigenvalue weighted by atomic mass is 10.1. The van der Waals surface area contributed by atoms with E-state index in [4.69, 9.17) is 34.6 Å². The van der Waals surface area contributed by atoms with Crippen LogP contribution in [0.2, 0.25) is 0 Å². The molecular formula is C31H32O15. The number of benzene rings is 3. The van der Waals surface area contributed by atoms with Crippen LogP contribution in [0.1, 0.15) is 64.2 Å². The zero-order valence-corrected chi connectivity index (χ0v) is 24.6. The fraction of sp³-hybridized carbons (Fsp3) is 0.194. The third-order valence-electron chi connectivity index (χ3n) is 5.06. The van der Waals surface area contributed by atoms with Gasteiger partial charge in [0.1, 0.15) is 41.2 Å². The average molecular weight is 645 g/mol. The van der Waals surface area contributed by atoms with Gasteiger partial charge < -0.3 is 40.1 Å². The molecule has 0 saturated heterocycles. The van der Waals surface area contributed by atoms with E-state index in [1.807, 2.05) is 0 Å². The van der Waals surface area contributed by atoms with E-state index in [-0.39, 0.29) is 58.2 Å². The van der Waals surface area contributed by atoms with Gasteiger partial charge in [-0.25, -0.2) is 9.59 Å². The van der Waals surface area contributed by atoms with Crippen molar-refractivity contribution >= 4 is 41.6 Å². The van der Waals surface area contributed by atoms with E-state index in [1.54, 1.807) is 56.3 Å². The van der Waals surface area contributed by atoms with Crippen molar-refractivity contribution in [2.45, 2.75) is 33.1 Å². The maximum atomic E-state index is 12.1. The van der Waals surface area contributed by atoms with E-state index in [1.165, 1.54) is 30.3 Å². The molecule has 0 unspecified atom stereocenters. The van der Waals surface area contributed by atoms with Gasteiger partial charge in [0.15, 0.2) is 5.78 Å². The maximum absolute atomic E-state index is 12.1. The number of para-hydroxylation sites is 3. The lowest BCUT2D eigenvalue weighted by Gasteiger charge is -2.10. The Morgan fingerprint density at radius 3 is 1.43 bits per heavy atom. The molecule has 0 aliphatic rings. The number of ketones is 1. The Balaban J connectivity index is 0.000000919. The van der Waals surface area contributed by atoms with Crippen molar-refractivity contribution in [3.8, 4) is 17.2 Å². The van der Waals surface area contributed by atoms with E-state index in [2.05, 4.69) is 0 Å². The number of phenols is 1. The summed E-state index contributed by atoms with van der Waals surface area (Å²) in [5, 5.41) is 32.7. The van der Waals surface area contributed by atoms with Crippen molar-refractivity contribution in [1.29, 1.82) is 0 Å². The Bertz CT molecular complexity index is 1520. The highest BCUT2D eigenvalue weighted by atomic mass is 16.6. The zero-order chi connectivity index (χ0) is 33.9. The van der Waals surface area contributed by atoms with Crippen LogP contribution >= 0.6 is 0 Å². The second kappa shape index (κ2) is 20.8. The SMILES string of the molecule is CCOC(=O)c1ccccc1OC(=O)CC(=O)Oc1ccccc1C(=O)CC.O.O=C(O)CC(=O)O.O=C(O)c1ccccc1O. The van der Waals surface area contributed by atoms with Crippen molar-refractivity contribution < 1.29 is 73.7 Å². The first-order valence-corrected chi connectivity index (χ1v) is 13.0. The molecule has 46 heavy (non-hydrogen) atoms. The van der Waals surface area contributed by atoms with E-state index in [9.17, 15) is 33.6 Å². The predicted octanol–water partition coefficient (Wildman–Crippen LogP) is 3.17. The summed E-state index contributed by atoms with van der Waals surface area (Å²) in [5.41, 5.74) is 0.270. The molecule has 0 aromatic heterocycles. The number of Topliss-reactive ketones (excluding diaryl/α,β-unsaturated/α-hetero) is 1. The number of aromatic carboxylic acids is 1. The standard InChI is InChI=1S/C21H20O7.C7H6O3.C3H4O4.H2O/c1-3-16(22)14-9-5-7-11-17(14)27-19(23)13-20(24)28-18-12-8-6-10-15(18)21(25)26-4-2;8-6-4-2-1-3-5(6)7(9)10;4-2(5)1-3(6)7;/h5-12H,3-4,13H2,1-2H3;1-4,8H,(H,9,10);1H2,(H,4,5)(H,6,7);1H2. The van der Waals surface area contributed by atoms with Gasteiger partial charge >= 0.3 is 35.8 Å². The predicted molar refractivity (Wildman–Crippen MR) is 158 cm³/mol. The number of aliphatic carboxylic acids is 2. The van der Waals surface area contributed by atoms with Crippen LogP contribution in [0.3, 0.4) is 0 Å². The van der Waals surface area contributed by atoms with Gasteiger partial charge in [0.25, 0.3) is 0 Å². The number of rotatable bonds is 11. The summed E-state index contributed by atoms with van der Waals surface area (Å²) < 4.78 is 15.2. The molecule has 0 heterocycles. The molecular weight excluding hydrogens is 612 g/mol. The van der Waals surface area contributed by atoms with Crippen molar-refractivity contribution in [1.82, 2.24) is 0 Å². The summed E-state index contributed by atoms with van der Waals surface area (Å²) in [4.78, 5) is 77.1. The van der Waals surface area contributed by atoms with Gasteiger partial charge in [-0.15, -0.1) is 0 Å². The Morgan fingerprint density at radius 1 is 0.609 bits per heavy atom. The number of aromatic hydroxyl groups is 1. The van der Waals surface area contributed by atoms with E-state index in [0.29, 0.717) is 0 Å². The fourth-order valence-electron chi connectivity index (χ4n) is 3.13. The van der Waals surface area contributed by atoms with Gasteiger partial charge in [0, 0.05) is 6.42 Å². The second-order valence-electron chi connectivity index (χ2n) is 8.40. The van der Waals surface area contributed by atoms with Crippen LogP contribution in [-0.4, -0.2) is 74.1 Å². The highest BCUT2D eigenvalue weighted by molar-refractivity contribution is 6.00. The van der Waals surface area contributed by atoms with Crippen LogP contribution < -0.4 is 9.47 Å². The van der Waals surface area contributed by atoms with Gasteiger partial charge in [-0.3, -0.25) is 24.0 Å². The quantitative estimate of drug-likeness (QED) is 0.101. The lowest BCUT2D eigenvalue weighted by molar-refractivity contribution is -0.148. The van der Waals surface area contributed by atoms with Crippen LogP contribution in [-0.2, 0) is 23.9 Å². The summed E-state index contributed by atoms with van der Waals surface area (Å²) >= 11 is 0. The number of carboxylic acids is 3. The van der Waals surface area contributed by atoms with E-state index < -0.39 is 48.7 Å². The first kappa shape index (κ1) is 39.9. The Hall–Kier alpha value is -6.09. The van der Waals surface area contributed by atoms with Gasteiger partial charge in [0.05, 0.1) is 12.2 Å². The van der Waals surface area contributed by atoms with Crippen LogP contribution in [0.4, 0.5) is 0 Å². The number of ether oxygens (including phenoxy) is 3. The number of carbonyl (C=O) groups excluding carboxylic acids is 4. The third kappa shape index (κ3) is 14.4. The first-order chi connectivity index (χ1) is 21.3. The Kier molecular flexibility index (Phi) is 18.0. The molecule has 246 valence electrons. The molecule has 0 radical (unpaired) electrons. The van der Waals surface area contributed by atoms with Crippen molar-refractivity contribution in [2.75, 3.05) is 6.61 Å². The molecule has 0 fully saturated rings. The maximum Gasteiger partial charge on any atom is 0.341 e. The zero-order valence-electron chi connectivity index (χ0n) is 24.6. The molecule has 0 atom stereocenters. The molecule has 3 aromatic carbocycles. The number of esters is 3. The molecule has 0 aliphatic carbocycles. The molecule has 6 N–H and O–H groups in total. The lowest BCUT2D eigenvalue weighted by Crippen LogP contribution is -2.20.